The summed E-state index contributed by atoms with van der Waals surface area (Å²) >= 11 is 0. The van der Waals surface area contributed by atoms with Gasteiger partial charge in [0.15, 0.2) is 0 Å². The van der Waals surface area contributed by atoms with Crippen LogP contribution in [0.4, 0.5) is 0 Å². The van der Waals surface area contributed by atoms with Gasteiger partial charge in [-0.2, -0.15) is 0 Å². The first-order valence-electron chi connectivity index (χ1n) is 26.8. The molecule has 3 heteroatoms. The molecular weight excluding hydrogens is 868 g/mol. The minimum Gasteiger partial charge on any atom is -0.310 e. The molecule has 1 spiro atoms. The van der Waals surface area contributed by atoms with Gasteiger partial charge in [0.25, 0.3) is 6.71 Å². The van der Waals surface area contributed by atoms with Crippen molar-refractivity contribution in [3.05, 3.63) is 195 Å². The highest BCUT2D eigenvalue weighted by Gasteiger charge is 2.56. The van der Waals surface area contributed by atoms with E-state index in [9.17, 15) is 0 Å². The Bertz CT molecular complexity index is 4070. The quantitative estimate of drug-likeness (QED) is 0.153. The normalized spacial score (nSPS) is 16.8. The van der Waals surface area contributed by atoms with Gasteiger partial charge in [0, 0.05) is 44.1 Å². The van der Waals surface area contributed by atoms with Gasteiger partial charge in [0.05, 0.1) is 16.6 Å². The Morgan fingerprint density at radius 3 is 1.67 bits per heavy atom. The molecular formula is C69H63BN2. The summed E-state index contributed by atoms with van der Waals surface area (Å²) in [6, 6.07) is 56.1. The van der Waals surface area contributed by atoms with Gasteiger partial charge in [-0.15, -0.1) is 0 Å². The summed E-state index contributed by atoms with van der Waals surface area (Å²) in [5, 5.41) is 4.12. The van der Waals surface area contributed by atoms with E-state index in [0.29, 0.717) is 0 Å². The van der Waals surface area contributed by atoms with Crippen LogP contribution in [0.25, 0.3) is 77.6 Å². The van der Waals surface area contributed by atoms with Gasteiger partial charge >= 0.3 is 0 Å². The molecule has 5 heterocycles. The van der Waals surface area contributed by atoms with Gasteiger partial charge in [-0.3, -0.25) is 0 Å². The average molecular weight is 931 g/mol. The van der Waals surface area contributed by atoms with Crippen LogP contribution in [0, 0.1) is 13.8 Å². The molecule has 352 valence electrons. The van der Waals surface area contributed by atoms with Crippen molar-refractivity contribution in [3.8, 4) is 44.9 Å². The van der Waals surface area contributed by atoms with Crippen LogP contribution >= 0.6 is 0 Å². The van der Waals surface area contributed by atoms with E-state index in [-0.39, 0.29) is 28.4 Å². The second kappa shape index (κ2) is 13.4. The van der Waals surface area contributed by atoms with Crippen molar-refractivity contribution in [3.63, 3.8) is 0 Å². The molecule has 0 atom stereocenters. The summed E-state index contributed by atoms with van der Waals surface area (Å²) in [5.74, 6) is 0. The highest BCUT2D eigenvalue weighted by Crippen LogP contribution is 2.62. The zero-order valence-corrected chi connectivity index (χ0v) is 44.2. The van der Waals surface area contributed by atoms with Gasteiger partial charge in [-0.1, -0.05) is 196 Å². The third-order valence-electron chi connectivity index (χ3n) is 18.7. The first-order chi connectivity index (χ1) is 34.3. The fraction of sp³-hybridized carbons (Fsp3) is 0.275. The molecule has 5 aliphatic rings. The second-order valence-corrected chi connectivity index (χ2v) is 26.1. The first kappa shape index (κ1) is 42.8. The summed E-state index contributed by atoms with van der Waals surface area (Å²) in [5.41, 5.74) is 32.7. The van der Waals surface area contributed by atoms with Gasteiger partial charge in [0.2, 0.25) is 0 Å². The maximum Gasteiger partial charge on any atom is 0.252 e. The monoisotopic (exact) mass is 931 g/mol. The van der Waals surface area contributed by atoms with Crippen molar-refractivity contribution < 1.29 is 0 Å². The number of fused-ring (bicyclic) bond motifs is 13. The Kier molecular flexibility index (Phi) is 7.97. The van der Waals surface area contributed by atoms with E-state index in [0.717, 1.165) is 12.8 Å². The number of aromatic nitrogens is 2. The zero-order valence-electron chi connectivity index (χ0n) is 44.2. The molecule has 0 unspecified atom stereocenters. The number of aryl methyl sites for hydroxylation is 2. The topological polar surface area (TPSA) is 9.86 Å². The molecule has 2 nitrogen and oxygen atoms in total. The van der Waals surface area contributed by atoms with Crippen molar-refractivity contribution in [2.24, 2.45) is 0 Å². The molecule has 0 saturated carbocycles. The number of benzene rings is 8. The lowest BCUT2D eigenvalue weighted by molar-refractivity contribution is 0.334. The Morgan fingerprint density at radius 2 is 1.04 bits per heavy atom. The molecule has 3 aliphatic heterocycles. The molecule has 0 saturated heterocycles. The van der Waals surface area contributed by atoms with E-state index in [4.69, 9.17) is 0 Å². The SMILES string of the molecule is Cc1cc2c3c(c1)c1cc(C)cc4c1n3-c1c(ccc3c1B2c1c2c(cc5c(-c6ccc(C(C)(C)C)cc6)c(-c6ccc(C(C)(C)C)cc6)n-3c15)C(C)(C)CCC2(C)C)C41c2ccccc2-c2ccccc21. The molecule has 0 bridgehead atoms. The fourth-order valence-corrected chi connectivity index (χ4v) is 15.3. The molecule has 2 aliphatic carbocycles. The summed E-state index contributed by atoms with van der Waals surface area (Å²) in [6.07, 6.45) is 2.29. The van der Waals surface area contributed by atoms with Crippen LogP contribution in [-0.2, 0) is 27.1 Å². The molecule has 2 aromatic heterocycles. The number of nitrogens with zero attached hydrogens (tertiary/aromatic N) is 2. The largest absolute Gasteiger partial charge is 0.310 e. The fourth-order valence-electron chi connectivity index (χ4n) is 15.3. The zero-order chi connectivity index (χ0) is 49.5. The van der Waals surface area contributed by atoms with Crippen molar-refractivity contribution in [2.45, 2.75) is 123 Å². The van der Waals surface area contributed by atoms with Crippen LogP contribution in [0.1, 0.15) is 138 Å². The molecule has 0 fully saturated rings. The van der Waals surface area contributed by atoms with Crippen molar-refractivity contribution in [2.75, 3.05) is 0 Å². The van der Waals surface area contributed by atoms with Crippen molar-refractivity contribution in [1.82, 2.24) is 9.13 Å². The molecule has 15 rings (SSSR count). The number of hydrogen-bond donors (Lipinski definition) is 0. The smallest absolute Gasteiger partial charge is 0.252 e. The van der Waals surface area contributed by atoms with Crippen LogP contribution in [0.15, 0.2) is 140 Å². The Labute approximate surface area is 425 Å². The Morgan fingerprint density at radius 1 is 0.472 bits per heavy atom. The molecule has 8 aromatic carbocycles. The van der Waals surface area contributed by atoms with E-state index in [1.54, 1.807) is 5.56 Å². The average Bonchev–Trinajstić information content (AvgIpc) is 3.97. The van der Waals surface area contributed by atoms with E-state index >= 15 is 0 Å². The van der Waals surface area contributed by atoms with Crippen LogP contribution in [0.3, 0.4) is 0 Å². The maximum absolute atomic E-state index is 2.79. The van der Waals surface area contributed by atoms with E-state index in [1.807, 2.05) is 0 Å². The van der Waals surface area contributed by atoms with Crippen molar-refractivity contribution >= 4 is 55.8 Å². The third kappa shape index (κ3) is 5.08. The minimum atomic E-state index is -0.515. The van der Waals surface area contributed by atoms with Crippen LogP contribution < -0.4 is 16.4 Å². The molecule has 0 N–H and O–H groups in total. The lowest BCUT2D eigenvalue weighted by atomic mass is 9.32. The molecule has 10 aromatic rings. The predicted molar refractivity (Wildman–Crippen MR) is 306 cm³/mol. The Balaban J connectivity index is 1.20. The van der Waals surface area contributed by atoms with Crippen LogP contribution in [0.5, 0.6) is 0 Å². The number of rotatable bonds is 2. The lowest BCUT2D eigenvalue weighted by Gasteiger charge is -2.47. The van der Waals surface area contributed by atoms with Gasteiger partial charge < -0.3 is 9.13 Å². The van der Waals surface area contributed by atoms with Crippen LogP contribution in [-0.4, -0.2) is 15.8 Å². The maximum atomic E-state index is 2.79. The van der Waals surface area contributed by atoms with E-state index < -0.39 is 5.41 Å². The van der Waals surface area contributed by atoms with E-state index in [2.05, 4.69) is 232 Å². The highest BCUT2D eigenvalue weighted by atomic mass is 15.1. The lowest BCUT2D eigenvalue weighted by Crippen LogP contribution is -2.63. The molecule has 0 radical (unpaired) electrons. The minimum absolute atomic E-state index is 0.0148. The molecule has 0 amide bonds. The summed E-state index contributed by atoms with van der Waals surface area (Å²) in [7, 11) is 0. The Hall–Kier alpha value is -6.84. The van der Waals surface area contributed by atoms with E-state index in [1.165, 1.54) is 144 Å². The second-order valence-electron chi connectivity index (χ2n) is 26.1. The van der Waals surface area contributed by atoms with Gasteiger partial charge in [-0.05, 0) is 156 Å². The molecule has 72 heavy (non-hydrogen) atoms. The standard InChI is InChI=1S/C69H63BN2/c1-38-33-46-47-34-39(2)36-54-62(47)72-61(46)53(35-38)69(49-19-15-13-17-44(49)45-18-14-16-20-50(45)69)51-29-30-55-58(64(51)72)70(54)59-57-52(67(9,10)31-32-68(57,11)12)37-48-56(40-21-25-42(26-22-40)65(3,4)5)60(71(55)63(48)59)41-23-27-43(28-24-41)66(6,7)8/h13-30,33-37H,31-32H2,1-12H3. The summed E-state index contributed by atoms with van der Waals surface area (Å²) < 4.78 is 5.58. The number of hydrogen-bond acceptors (Lipinski definition) is 0. The van der Waals surface area contributed by atoms with Crippen LogP contribution in [0.2, 0.25) is 0 Å². The van der Waals surface area contributed by atoms with Gasteiger partial charge in [0.1, 0.15) is 0 Å². The third-order valence-corrected chi connectivity index (χ3v) is 18.7. The first-order valence-corrected chi connectivity index (χ1v) is 26.8. The predicted octanol–water partition coefficient (Wildman–Crippen LogP) is 15.4. The summed E-state index contributed by atoms with van der Waals surface area (Å²) in [6.45, 7) is 28.9. The summed E-state index contributed by atoms with van der Waals surface area (Å²) in [4.78, 5) is 0. The van der Waals surface area contributed by atoms with Gasteiger partial charge in [-0.25, -0.2) is 0 Å². The highest BCUT2D eigenvalue weighted by molar-refractivity contribution is 7.00. The van der Waals surface area contributed by atoms with Crippen molar-refractivity contribution in [1.29, 1.82) is 0 Å².